The first-order chi connectivity index (χ1) is 14.9. The maximum atomic E-state index is 13.0. The van der Waals surface area contributed by atoms with E-state index < -0.39 is 17.3 Å². The normalized spacial score (nSPS) is 12.9. The molecule has 0 amide bonds. The van der Waals surface area contributed by atoms with Crippen LogP contribution < -0.4 is 10.3 Å². The van der Waals surface area contributed by atoms with Crippen LogP contribution >= 0.6 is 0 Å². The Morgan fingerprint density at radius 1 is 1.09 bits per heavy atom. The van der Waals surface area contributed by atoms with Crippen molar-refractivity contribution in [2.24, 2.45) is 5.41 Å². The number of aromatic amines is 1. The monoisotopic (exact) mass is 446 g/mol. The van der Waals surface area contributed by atoms with Crippen LogP contribution in [0.15, 0.2) is 53.6 Å². The summed E-state index contributed by atoms with van der Waals surface area (Å²) in [7, 11) is 0. The fourth-order valence-corrected chi connectivity index (χ4v) is 3.24. The van der Waals surface area contributed by atoms with Crippen molar-refractivity contribution >= 4 is 5.78 Å². The quantitative estimate of drug-likeness (QED) is 0.559. The van der Waals surface area contributed by atoms with E-state index in [-0.39, 0.29) is 41.2 Å². The first-order valence-corrected chi connectivity index (χ1v) is 9.70. The third kappa shape index (κ3) is 5.99. The first-order valence-electron chi connectivity index (χ1n) is 9.70. The smallest absolute Gasteiger partial charge is 0.406 e. The van der Waals surface area contributed by atoms with Gasteiger partial charge in [0.15, 0.2) is 17.4 Å². The van der Waals surface area contributed by atoms with Gasteiger partial charge in [0.2, 0.25) is 0 Å². The molecule has 0 unspecified atom stereocenters. The molecule has 3 aromatic rings. The van der Waals surface area contributed by atoms with Crippen LogP contribution in [0.4, 0.5) is 13.2 Å². The maximum absolute atomic E-state index is 13.0. The van der Waals surface area contributed by atoms with Crippen molar-refractivity contribution in [3.05, 3.63) is 70.4 Å². The zero-order valence-electron chi connectivity index (χ0n) is 17.6. The predicted molar refractivity (Wildman–Crippen MR) is 110 cm³/mol. The van der Waals surface area contributed by atoms with E-state index in [1.54, 1.807) is 6.07 Å². The molecule has 1 aromatic carbocycles. The molecular formula is C22H21F3N4O3. The van der Waals surface area contributed by atoms with Crippen LogP contribution in [0.25, 0.3) is 11.6 Å². The minimum absolute atomic E-state index is 0.00544. The third-order valence-electron chi connectivity index (χ3n) is 4.76. The Morgan fingerprint density at radius 2 is 1.72 bits per heavy atom. The molecule has 1 atom stereocenters. The molecule has 0 bridgehead atoms. The van der Waals surface area contributed by atoms with Crippen LogP contribution in [0, 0.1) is 5.41 Å². The molecule has 0 saturated carbocycles. The lowest BCUT2D eigenvalue weighted by Crippen LogP contribution is -2.23. The van der Waals surface area contributed by atoms with Gasteiger partial charge in [-0.2, -0.15) is 0 Å². The van der Waals surface area contributed by atoms with Crippen molar-refractivity contribution < 1.29 is 22.7 Å². The molecule has 0 saturated heterocycles. The number of hydrogen-bond donors (Lipinski definition) is 1. The number of rotatable bonds is 6. The summed E-state index contributed by atoms with van der Waals surface area (Å²) in [5.41, 5.74) is -0.305. The highest BCUT2D eigenvalue weighted by Crippen LogP contribution is 2.39. The van der Waals surface area contributed by atoms with Crippen LogP contribution in [-0.4, -0.2) is 32.1 Å². The average molecular weight is 446 g/mol. The van der Waals surface area contributed by atoms with E-state index >= 15 is 0 Å². The van der Waals surface area contributed by atoms with Crippen molar-refractivity contribution in [3.63, 3.8) is 0 Å². The van der Waals surface area contributed by atoms with Crippen molar-refractivity contribution in [3.8, 4) is 17.4 Å². The summed E-state index contributed by atoms with van der Waals surface area (Å²) < 4.78 is 41.2. The minimum Gasteiger partial charge on any atom is -0.406 e. The number of carbonyl (C=O) groups excluding carboxylic acids is 1. The van der Waals surface area contributed by atoms with E-state index in [1.165, 1.54) is 36.7 Å². The summed E-state index contributed by atoms with van der Waals surface area (Å²) in [5.74, 6) is -0.838. The van der Waals surface area contributed by atoms with Crippen LogP contribution in [0.1, 0.15) is 49.2 Å². The van der Waals surface area contributed by atoms with Crippen LogP contribution in [0.2, 0.25) is 0 Å². The van der Waals surface area contributed by atoms with Gasteiger partial charge in [-0.25, -0.2) is 15.0 Å². The van der Waals surface area contributed by atoms with Gasteiger partial charge in [0, 0.05) is 24.9 Å². The molecular weight excluding hydrogens is 425 g/mol. The van der Waals surface area contributed by atoms with Crippen molar-refractivity contribution in [1.29, 1.82) is 0 Å². The van der Waals surface area contributed by atoms with E-state index in [2.05, 4.69) is 24.7 Å². The fraction of sp³-hybridized carbons (Fsp3) is 0.318. The lowest BCUT2D eigenvalue weighted by Gasteiger charge is -2.31. The summed E-state index contributed by atoms with van der Waals surface area (Å²) in [6.07, 6.45) is -1.82. The number of ether oxygens (including phenoxy) is 1. The lowest BCUT2D eigenvalue weighted by molar-refractivity contribution is -0.274. The Balaban J connectivity index is 1.88. The number of ketones is 1. The molecule has 0 radical (unpaired) electrons. The fourth-order valence-electron chi connectivity index (χ4n) is 3.24. The Labute approximate surface area is 181 Å². The second-order valence-electron chi connectivity index (χ2n) is 8.21. The molecule has 2 aromatic heterocycles. The molecule has 0 fully saturated rings. The highest BCUT2D eigenvalue weighted by atomic mass is 19.4. The van der Waals surface area contributed by atoms with E-state index in [1.807, 2.05) is 20.8 Å². The Hall–Kier alpha value is -3.56. The summed E-state index contributed by atoms with van der Waals surface area (Å²) in [5, 5.41) is 0. The van der Waals surface area contributed by atoms with Crippen molar-refractivity contribution in [2.75, 3.05) is 0 Å². The lowest BCUT2D eigenvalue weighted by atomic mass is 9.73. The Kier molecular flexibility index (Phi) is 6.42. The molecule has 7 nitrogen and oxygen atoms in total. The van der Waals surface area contributed by atoms with E-state index in [0.29, 0.717) is 5.56 Å². The highest BCUT2D eigenvalue weighted by Gasteiger charge is 2.32. The van der Waals surface area contributed by atoms with Gasteiger partial charge in [-0.1, -0.05) is 32.9 Å². The second-order valence-corrected chi connectivity index (χ2v) is 8.21. The predicted octanol–water partition coefficient (Wildman–Crippen LogP) is 4.53. The number of carbonyl (C=O) groups is 1. The number of hydrogen-bond acceptors (Lipinski definition) is 6. The largest absolute Gasteiger partial charge is 0.573 e. The number of H-pyrrole nitrogens is 1. The number of nitrogens with one attached hydrogen (secondary N) is 1. The summed E-state index contributed by atoms with van der Waals surface area (Å²) in [6, 6.07) is 8.13. The zero-order chi connectivity index (χ0) is 23.5. The van der Waals surface area contributed by atoms with E-state index in [0.717, 1.165) is 6.07 Å². The maximum Gasteiger partial charge on any atom is 0.573 e. The van der Waals surface area contributed by atoms with E-state index in [9.17, 15) is 22.8 Å². The number of Topliss-reactive ketones (excluding diaryl/α,β-unsaturated/α-hetero) is 1. The van der Waals surface area contributed by atoms with Gasteiger partial charge in [0.05, 0.1) is 0 Å². The Morgan fingerprint density at radius 3 is 2.28 bits per heavy atom. The van der Waals surface area contributed by atoms with Gasteiger partial charge in [0.1, 0.15) is 11.4 Å². The second kappa shape index (κ2) is 8.89. The number of aromatic nitrogens is 4. The van der Waals surface area contributed by atoms with Gasteiger partial charge in [0.25, 0.3) is 5.56 Å². The standard InChI is InChI=1S/C22H21F3N4O3/c1-21(2,3)15(13-5-7-14(8-6-13)32-22(23,24)25)11-17(30)16-12-18(31)29-20(28-16)19-26-9-4-10-27-19/h4-10,12,15H,11H2,1-3H3,(H,28,29,31)/t15-/m0/s1. The van der Waals surface area contributed by atoms with Crippen LogP contribution in [-0.2, 0) is 0 Å². The SMILES string of the molecule is CC(C)(C)[C@@H](CC(=O)c1cc(=O)[nH]c(-c2ncccn2)n1)c1ccc(OC(F)(F)F)cc1. The number of nitrogens with zero attached hydrogens (tertiary/aromatic N) is 3. The number of alkyl halides is 3. The molecule has 0 aliphatic rings. The molecule has 10 heteroatoms. The van der Waals surface area contributed by atoms with Crippen LogP contribution in [0.5, 0.6) is 5.75 Å². The molecule has 1 N–H and O–H groups in total. The van der Waals surface area contributed by atoms with Gasteiger partial charge < -0.3 is 9.72 Å². The van der Waals surface area contributed by atoms with Crippen LogP contribution in [0.3, 0.4) is 0 Å². The van der Waals surface area contributed by atoms with Crippen molar-refractivity contribution in [2.45, 2.75) is 39.5 Å². The van der Waals surface area contributed by atoms with Gasteiger partial charge in [-0.3, -0.25) is 9.59 Å². The molecule has 168 valence electrons. The van der Waals surface area contributed by atoms with Crippen molar-refractivity contribution in [1.82, 2.24) is 19.9 Å². The molecule has 0 aliphatic carbocycles. The zero-order valence-corrected chi connectivity index (χ0v) is 17.6. The average Bonchev–Trinajstić information content (AvgIpc) is 2.71. The third-order valence-corrected chi connectivity index (χ3v) is 4.76. The molecule has 32 heavy (non-hydrogen) atoms. The van der Waals surface area contributed by atoms with Gasteiger partial charge in [-0.15, -0.1) is 13.2 Å². The Bertz CT molecular complexity index is 1140. The summed E-state index contributed by atoms with van der Waals surface area (Å²) >= 11 is 0. The highest BCUT2D eigenvalue weighted by molar-refractivity contribution is 5.95. The number of benzene rings is 1. The summed E-state index contributed by atoms with van der Waals surface area (Å²) in [6.45, 7) is 5.75. The first kappa shape index (κ1) is 23.1. The number of halogens is 3. The van der Waals surface area contributed by atoms with E-state index in [4.69, 9.17) is 0 Å². The van der Waals surface area contributed by atoms with Gasteiger partial charge in [-0.05, 0) is 35.1 Å². The molecule has 0 spiro atoms. The summed E-state index contributed by atoms with van der Waals surface area (Å²) in [4.78, 5) is 39.9. The minimum atomic E-state index is -4.78. The molecule has 3 rings (SSSR count). The topological polar surface area (TPSA) is 97.8 Å². The van der Waals surface area contributed by atoms with Gasteiger partial charge >= 0.3 is 6.36 Å². The molecule has 0 aliphatic heterocycles. The molecule has 2 heterocycles.